The summed E-state index contributed by atoms with van der Waals surface area (Å²) in [4.78, 5) is 20.8. The zero-order chi connectivity index (χ0) is 20.8. The Morgan fingerprint density at radius 1 is 1.31 bits per heavy atom. The summed E-state index contributed by atoms with van der Waals surface area (Å²) in [5.41, 5.74) is 4.23. The van der Waals surface area contributed by atoms with Gasteiger partial charge in [0.15, 0.2) is 11.9 Å². The molecule has 0 aliphatic heterocycles. The molecule has 0 saturated carbocycles. The van der Waals surface area contributed by atoms with E-state index in [0.717, 1.165) is 22.5 Å². The number of anilines is 2. The number of aromatic nitrogens is 2. The van der Waals surface area contributed by atoms with Crippen molar-refractivity contribution >= 4 is 28.8 Å². The third kappa shape index (κ3) is 4.88. The molecule has 0 radical (unpaired) electrons. The van der Waals surface area contributed by atoms with Crippen LogP contribution in [0.2, 0.25) is 0 Å². The highest BCUT2D eigenvalue weighted by Gasteiger charge is 2.20. The largest absolute Gasteiger partial charge is 0.479 e. The minimum absolute atomic E-state index is 0.327. The van der Waals surface area contributed by atoms with Gasteiger partial charge in [-0.3, -0.25) is 0 Å². The van der Waals surface area contributed by atoms with Crippen molar-refractivity contribution in [1.82, 2.24) is 9.97 Å². The van der Waals surface area contributed by atoms with E-state index in [4.69, 9.17) is 9.72 Å². The molecule has 2 N–H and O–H groups in total. The number of hydrogen-bond donors (Lipinski definition) is 2. The fraction of sp³-hybridized carbons (Fsp3) is 0.227. The number of carbonyl (C=O) groups is 1. The molecule has 2 heterocycles. The summed E-state index contributed by atoms with van der Waals surface area (Å²) in [7, 11) is 0. The van der Waals surface area contributed by atoms with Crippen LogP contribution >= 0.6 is 11.3 Å². The highest BCUT2D eigenvalue weighted by molar-refractivity contribution is 7.08. The van der Waals surface area contributed by atoms with Crippen LogP contribution in [0.25, 0.3) is 11.4 Å². The quantitative estimate of drug-likeness (QED) is 0.476. The lowest BCUT2D eigenvalue weighted by atomic mass is 10.1. The van der Waals surface area contributed by atoms with Gasteiger partial charge < -0.3 is 15.2 Å². The number of carboxylic acid groups (broad SMARTS) is 1. The Labute approximate surface area is 173 Å². The van der Waals surface area contributed by atoms with E-state index >= 15 is 0 Å². The van der Waals surface area contributed by atoms with Gasteiger partial charge in [0.2, 0.25) is 0 Å². The van der Waals surface area contributed by atoms with Crippen LogP contribution in [0.3, 0.4) is 0 Å². The van der Waals surface area contributed by atoms with E-state index in [9.17, 15) is 9.90 Å². The van der Waals surface area contributed by atoms with Crippen molar-refractivity contribution in [3.63, 3.8) is 0 Å². The summed E-state index contributed by atoms with van der Waals surface area (Å²) >= 11 is 1.60. The second-order valence-corrected chi connectivity index (χ2v) is 7.17. The molecule has 1 atom stereocenters. The normalized spacial score (nSPS) is 11.8. The lowest BCUT2D eigenvalue weighted by Gasteiger charge is -2.16. The predicted octanol–water partition coefficient (Wildman–Crippen LogP) is 5.15. The molecule has 3 rings (SSSR count). The zero-order valence-corrected chi connectivity index (χ0v) is 17.2. The van der Waals surface area contributed by atoms with Gasteiger partial charge in [-0.15, -0.1) is 6.58 Å². The second kappa shape index (κ2) is 9.45. The van der Waals surface area contributed by atoms with Crippen LogP contribution in [-0.2, 0) is 16.0 Å². The number of benzene rings is 1. The number of allylic oxidation sites excluding steroid dienone is 1. The van der Waals surface area contributed by atoms with E-state index in [2.05, 4.69) is 16.9 Å². The molecule has 3 aromatic rings. The van der Waals surface area contributed by atoms with Gasteiger partial charge in [0.05, 0.1) is 0 Å². The Bertz CT molecular complexity index is 985. The smallest absolute Gasteiger partial charge is 0.337 e. The molecule has 0 aliphatic carbocycles. The summed E-state index contributed by atoms with van der Waals surface area (Å²) in [5, 5.41) is 16.7. The molecule has 29 heavy (non-hydrogen) atoms. The standard InChI is InChI=1S/C22H23N3O3S/c1-4-6-18-14(3)23-20(16-11-12-29-13-16)25-21(18)24-17-9-7-15(8-10-17)19(22(26)27)28-5-2/h4,7-13,19H,1,5-6H2,2-3H3,(H,26,27)(H,23,24,25). The van der Waals surface area contributed by atoms with Crippen LogP contribution in [0.15, 0.2) is 53.7 Å². The second-order valence-electron chi connectivity index (χ2n) is 6.39. The van der Waals surface area contributed by atoms with Gasteiger partial charge in [-0.2, -0.15) is 11.3 Å². The topological polar surface area (TPSA) is 84.3 Å². The number of hydrogen-bond acceptors (Lipinski definition) is 6. The number of rotatable bonds is 9. The molecule has 150 valence electrons. The van der Waals surface area contributed by atoms with Crippen LogP contribution in [0, 0.1) is 6.92 Å². The van der Waals surface area contributed by atoms with Gasteiger partial charge in [-0.05, 0) is 49.4 Å². The van der Waals surface area contributed by atoms with Crippen molar-refractivity contribution in [3.05, 3.63) is 70.6 Å². The number of ether oxygens (including phenoxy) is 1. The molecule has 0 bridgehead atoms. The molecule has 0 amide bonds. The molecule has 7 heteroatoms. The summed E-state index contributed by atoms with van der Waals surface area (Å²) in [6, 6.07) is 9.13. The van der Waals surface area contributed by atoms with Gasteiger partial charge in [0, 0.05) is 34.5 Å². The molecule has 2 aromatic heterocycles. The molecular formula is C22H23N3O3S. The van der Waals surface area contributed by atoms with E-state index in [-0.39, 0.29) is 0 Å². The summed E-state index contributed by atoms with van der Waals surface area (Å²) in [5.74, 6) is 0.372. The first kappa shape index (κ1) is 20.7. The van der Waals surface area contributed by atoms with E-state index < -0.39 is 12.1 Å². The maximum absolute atomic E-state index is 11.4. The van der Waals surface area contributed by atoms with E-state index in [1.807, 2.05) is 42.0 Å². The highest BCUT2D eigenvalue weighted by Crippen LogP contribution is 2.28. The molecular weight excluding hydrogens is 386 g/mol. The van der Waals surface area contributed by atoms with Gasteiger partial charge in [-0.1, -0.05) is 18.2 Å². The third-order valence-electron chi connectivity index (χ3n) is 4.38. The average Bonchev–Trinajstić information content (AvgIpc) is 3.24. The van der Waals surface area contributed by atoms with Crippen LogP contribution in [0.5, 0.6) is 0 Å². The fourth-order valence-corrected chi connectivity index (χ4v) is 3.60. The van der Waals surface area contributed by atoms with E-state index in [1.54, 1.807) is 30.4 Å². The Balaban J connectivity index is 1.92. The molecule has 1 unspecified atom stereocenters. The Hall–Kier alpha value is -3.03. The van der Waals surface area contributed by atoms with Crippen molar-refractivity contribution < 1.29 is 14.6 Å². The van der Waals surface area contributed by atoms with Crippen molar-refractivity contribution in [1.29, 1.82) is 0 Å². The average molecular weight is 410 g/mol. The van der Waals surface area contributed by atoms with Gasteiger partial charge in [-0.25, -0.2) is 14.8 Å². The first-order valence-electron chi connectivity index (χ1n) is 9.25. The number of carboxylic acids is 1. The first-order valence-corrected chi connectivity index (χ1v) is 10.2. The summed E-state index contributed by atoms with van der Waals surface area (Å²) < 4.78 is 5.32. The van der Waals surface area contributed by atoms with Crippen molar-refractivity contribution in [2.45, 2.75) is 26.4 Å². The Kier molecular flexibility index (Phi) is 6.74. The molecule has 1 aromatic carbocycles. The fourth-order valence-electron chi connectivity index (χ4n) is 2.96. The number of nitrogens with zero attached hydrogens (tertiary/aromatic N) is 2. The summed E-state index contributed by atoms with van der Waals surface area (Å²) in [6.45, 7) is 7.89. The molecule has 0 spiro atoms. The Morgan fingerprint density at radius 3 is 2.66 bits per heavy atom. The lowest BCUT2D eigenvalue weighted by molar-refractivity contribution is -0.150. The van der Waals surface area contributed by atoms with E-state index in [0.29, 0.717) is 30.2 Å². The molecule has 0 fully saturated rings. The number of aliphatic carboxylic acids is 1. The van der Waals surface area contributed by atoms with Gasteiger partial charge in [0.1, 0.15) is 5.82 Å². The number of aryl methyl sites for hydroxylation is 1. The minimum Gasteiger partial charge on any atom is -0.479 e. The third-order valence-corrected chi connectivity index (χ3v) is 5.06. The zero-order valence-electron chi connectivity index (χ0n) is 16.4. The minimum atomic E-state index is -1.01. The number of thiophene rings is 1. The SMILES string of the molecule is C=CCc1c(C)nc(-c2ccsc2)nc1Nc1ccc(C(OCC)C(=O)O)cc1. The monoisotopic (exact) mass is 409 g/mol. The molecule has 6 nitrogen and oxygen atoms in total. The van der Waals surface area contributed by atoms with E-state index in [1.165, 1.54) is 0 Å². The summed E-state index contributed by atoms with van der Waals surface area (Å²) in [6.07, 6.45) is 1.49. The maximum atomic E-state index is 11.4. The Morgan fingerprint density at radius 2 is 2.07 bits per heavy atom. The van der Waals surface area contributed by atoms with Crippen LogP contribution < -0.4 is 5.32 Å². The van der Waals surface area contributed by atoms with Crippen molar-refractivity contribution in [2.24, 2.45) is 0 Å². The molecule has 0 saturated heterocycles. The van der Waals surface area contributed by atoms with Crippen molar-refractivity contribution in [2.75, 3.05) is 11.9 Å². The number of nitrogens with one attached hydrogen (secondary N) is 1. The maximum Gasteiger partial charge on any atom is 0.337 e. The first-order chi connectivity index (χ1) is 14.0. The molecule has 0 aliphatic rings. The predicted molar refractivity (Wildman–Crippen MR) is 116 cm³/mol. The van der Waals surface area contributed by atoms with Gasteiger partial charge in [0.25, 0.3) is 0 Å². The van der Waals surface area contributed by atoms with Crippen LogP contribution in [0.1, 0.15) is 29.8 Å². The highest BCUT2D eigenvalue weighted by atomic mass is 32.1. The van der Waals surface area contributed by atoms with Gasteiger partial charge >= 0.3 is 5.97 Å². The van der Waals surface area contributed by atoms with Crippen LogP contribution in [-0.4, -0.2) is 27.7 Å². The lowest BCUT2D eigenvalue weighted by Crippen LogP contribution is -2.15. The van der Waals surface area contributed by atoms with Crippen molar-refractivity contribution in [3.8, 4) is 11.4 Å². The van der Waals surface area contributed by atoms with Crippen LogP contribution in [0.4, 0.5) is 11.5 Å².